The molecule has 6 heteroatoms. The first-order chi connectivity index (χ1) is 3.92. The van der Waals surface area contributed by atoms with Gasteiger partial charge in [0.1, 0.15) is 0 Å². The van der Waals surface area contributed by atoms with Crippen molar-refractivity contribution in [3.8, 4) is 0 Å². The van der Waals surface area contributed by atoms with Gasteiger partial charge in [0.05, 0.1) is 12.3 Å². The molecule has 1 unspecified atom stereocenters. The largest absolute Gasteiger partial charge is 0.393 e. The van der Waals surface area contributed by atoms with Crippen LogP contribution in [-0.4, -0.2) is 56.7 Å². The normalized spacial score (nSPS) is 14.0. The summed E-state index contributed by atoms with van der Waals surface area (Å²) in [5.74, 6) is 0. The molecule has 0 aromatic carbocycles. The summed E-state index contributed by atoms with van der Waals surface area (Å²) >= 11 is 0. The number of aliphatic hydroxyl groups excluding tert-OH is 1. The van der Waals surface area contributed by atoms with Crippen LogP contribution in [0.1, 0.15) is 13.3 Å². The van der Waals surface area contributed by atoms with Crippen LogP contribution in [0.5, 0.6) is 0 Å². The second-order valence-electron chi connectivity index (χ2n) is 2.03. The van der Waals surface area contributed by atoms with E-state index in [-0.39, 0.29) is 42.1 Å². The molecule has 0 rings (SSSR count). The van der Waals surface area contributed by atoms with Gasteiger partial charge in [-0.15, -0.1) is 0 Å². The standard InChI is InChI=1S/C4H11O4P.Na/c1-4(5)2-3-9(6,7)8;/h4-5H,2-3H2,1H3,(H2,6,7,8);. The van der Waals surface area contributed by atoms with Crippen molar-refractivity contribution in [1.29, 1.82) is 0 Å². The number of hydrogen-bond acceptors (Lipinski definition) is 2. The van der Waals surface area contributed by atoms with Crippen molar-refractivity contribution < 1.29 is 19.5 Å². The molecule has 1 radical (unpaired) electrons. The van der Waals surface area contributed by atoms with Gasteiger partial charge in [-0.3, -0.25) is 4.57 Å². The molecule has 3 N–H and O–H groups in total. The van der Waals surface area contributed by atoms with Crippen molar-refractivity contribution in [3.05, 3.63) is 0 Å². The van der Waals surface area contributed by atoms with Gasteiger partial charge in [-0.1, -0.05) is 0 Å². The molecule has 0 saturated carbocycles. The second-order valence-corrected chi connectivity index (χ2v) is 3.80. The molecule has 0 spiro atoms. The molecule has 0 fully saturated rings. The molecule has 0 amide bonds. The topological polar surface area (TPSA) is 77.8 Å². The van der Waals surface area contributed by atoms with E-state index < -0.39 is 13.7 Å². The number of hydrogen-bond donors (Lipinski definition) is 3. The average molecular weight is 177 g/mol. The zero-order valence-corrected chi connectivity index (χ0v) is 9.08. The Hall–Kier alpha value is 1.11. The first-order valence-electron chi connectivity index (χ1n) is 2.64. The van der Waals surface area contributed by atoms with Crippen molar-refractivity contribution in [3.63, 3.8) is 0 Å². The summed E-state index contributed by atoms with van der Waals surface area (Å²) in [7, 11) is -3.88. The summed E-state index contributed by atoms with van der Waals surface area (Å²) < 4.78 is 10.1. The van der Waals surface area contributed by atoms with Gasteiger partial charge in [0.15, 0.2) is 0 Å². The Morgan fingerprint density at radius 1 is 1.50 bits per heavy atom. The van der Waals surface area contributed by atoms with Gasteiger partial charge in [0.25, 0.3) is 0 Å². The monoisotopic (exact) mass is 177 g/mol. The van der Waals surface area contributed by atoms with Gasteiger partial charge in [0, 0.05) is 29.6 Å². The Morgan fingerprint density at radius 2 is 1.90 bits per heavy atom. The average Bonchev–Trinajstić information content (AvgIpc) is 1.59. The van der Waals surface area contributed by atoms with Crippen LogP contribution < -0.4 is 0 Å². The molecule has 1 atom stereocenters. The number of aliphatic hydroxyl groups is 1. The molecule has 4 nitrogen and oxygen atoms in total. The van der Waals surface area contributed by atoms with E-state index in [0.29, 0.717) is 0 Å². The van der Waals surface area contributed by atoms with E-state index >= 15 is 0 Å². The SMILES string of the molecule is CC(O)CCP(=O)(O)O.[Na]. The minimum atomic E-state index is -3.88. The minimum absolute atomic E-state index is 0. The van der Waals surface area contributed by atoms with Gasteiger partial charge in [-0.25, -0.2) is 0 Å². The van der Waals surface area contributed by atoms with Crippen molar-refractivity contribution in [1.82, 2.24) is 0 Å². The van der Waals surface area contributed by atoms with Gasteiger partial charge in [-0.2, -0.15) is 0 Å². The Bertz CT molecular complexity index is 120. The zero-order chi connectivity index (χ0) is 7.49. The smallest absolute Gasteiger partial charge is 0.325 e. The quantitative estimate of drug-likeness (QED) is 0.403. The molecule has 0 aromatic rings. The molecule has 0 bridgehead atoms. The van der Waals surface area contributed by atoms with Gasteiger partial charge in [-0.05, 0) is 13.3 Å². The third-order valence-electron chi connectivity index (χ3n) is 0.838. The van der Waals surface area contributed by atoms with Crippen LogP contribution in [0, 0.1) is 0 Å². The zero-order valence-electron chi connectivity index (χ0n) is 6.19. The number of rotatable bonds is 3. The third-order valence-corrected chi connectivity index (χ3v) is 1.68. The predicted molar refractivity (Wildman–Crippen MR) is 39.0 cm³/mol. The molecule has 10 heavy (non-hydrogen) atoms. The van der Waals surface area contributed by atoms with Crippen molar-refractivity contribution in [2.75, 3.05) is 6.16 Å². The Balaban J connectivity index is 0. The van der Waals surface area contributed by atoms with E-state index in [1.54, 1.807) is 0 Å². The van der Waals surface area contributed by atoms with E-state index in [1.165, 1.54) is 6.92 Å². The van der Waals surface area contributed by atoms with Crippen molar-refractivity contribution in [2.45, 2.75) is 19.4 Å². The van der Waals surface area contributed by atoms with Crippen LogP contribution in [0.25, 0.3) is 0 Å². The fourth-order valence-electron chi connectivity index (χ4n) is 0.355. The summed E-state index contributed by atoms with van der Waals surface area (Å²) in [5.41, 5.74) is 0. The molecule has 0 aliphatic heterocycles. The summed E-state index contributed by atoms with van der Waals surface area (Å²) in [5, 5.41) is 8.57. The molecule has 0 aliphatic carbocycles. The first-order valence-corrected chi connectivity index (χ1v) is 4.44. The van der Waals surface area contributed by atoms with Crippen LogP contribution in [0.3, 0.4) is 0 Å². The van der Waals surface area contributed by atoms with E-state index in [2.05, 4.69) is 0 Å². The molecule has 0 aromatic heterocycles. The molecule has 0 saturated heterocycles. The molecular weight excluding hydrogens is 166 g/mol. The van der Waals surface area contributed by atoms with E-state index in [0.717, 1.165) is 0 Å². The summed E-state index contributed by atoms with van der Waals surface area (Å²) in [4.78, 5) is 16.5. The van der Waals surface area contributed by atoms with Gasteiger partial charge in [0.2, 0.25) is 0 Å². The van der Waals surface area contributed by atoms with Crippen LogP contribution in [0.15, 0.2) is 0 Å². The maximum absolute atomic E-state index is 10.1. The molecule has 57 valence electrons. The van der Waals surface area contributed by atoms with Crippen molar-refractivity contribution in [2.24, 2.45) is 0 Å². The maximum atomic E-state index is 10.1. The van der Waals surface area contributed by atoms with E-state index in [9.17, 15) is 4.57 Å². The molecule has 0 heterocycles. The summed E-state index contributed by atoms with van der Waals surface area (Å²) in [6.07, 6.45) is -0.702. The summed E-state index contributed by atoms with van der Waals surface area (Å²) in [6, 6.07) is 0. The van der Waals surface area contributed by atoms with Crippen LogP contribution in [0.2, 0.25) is 0 Å². The van der Waals surface area contributed by atoms with E-state index in [1.807, 2.05) is 0 Å². The second kappa shape index (κ2) is 5.72. The predicted octanol–water partition coefficient (Wildman–Crippen LogP) is -0.446. The minimum Gasteiger partial charge on any atom is -0.393 e. The molecule has 0 aliphatic rings. The van der Waals surface area contributed by atoms with Crippen LogP contribution in [-0.2, 0) is 4.57 Å². The van der Waals surface area contributed by atoms with Gasteiger partial charge < -0.3 is 14.9 Å². The molecular formula is C4H11NaO4P. The fraction of sp³-hybridized carbons (Fsp3) is 1.00. The fourth-order valence-corrected chi connectivity index (χ4v) is 1.07. The summed E-state index contributed by atoms with van der Waals surface area (Å²) in [6.45, 7) is 1.50. The third kappa shape index (κ3) is 11.9. The van der Waals surface area contributed by atoms with Crippen molar-refractivity contribution >= 4 is 37.2 Å². The van der Waals surface area contributed by atoms with Gasteiger partial charge >= 0.3 is 7.60 Å². The Labute approximate surface area is 82.1 Å². The Kier molecular flexibility index (Phi) is 7.83. The first kappa shape index (κ1) is 13.7. The Morgan fingerprint density at radius 3 is 2.00 bits per heavy atom. The van der Waals surface area contributed by atoms with Crippen LogP contribution >= 0.6 is 7.60 Å². The van der Waals surface area contributed by atoms with E-state index in [4.69, 9.17) is 14.9 Å². The van der Waals surface area contributed by atoms with Crippen LogP contribution in [0.4, 0.5) is 0 Å². The maximum Gasteiger partial charge on any atom is 0.325 e.